The van der Waals surface area contributed by atoms with Crippen LogP contribution < -0.4 is 11.1 Å². The van der Waals surface area contributed by atoms with Crippen LogP contribution >= 0.6 is 11.6 Å². The SMILES string of the molecule is NC(CNC(=O)C1CC1c1c(F)cccc1Cl)c1ccccc1. The summed E-state index contributed by atoms with van der Waals surface area (Å²) in [5.41, 5.74) is 7.48. The highest BCUT2D eigenvalue weighted by Crippen LogP contribution is 2.50. The number of carbonyl (C=O) groups excluding carboxylic acids is 1. The van der Waals surface area contributed by atoms with E-state index in [1.165, 1.54) is 6.07 Å². The summed E-state index contributed by atoms with van der Waals surface area (Å²) in [6.07, 6.45) is 0.618. The highest BCUT2D eigenvalue weighted by Gasteiger charge is 2.46. The lowest BCUT2D eigenvalue weighted by Gasteiger charge is -2.13. The van der Waals surface area contributed by atoms with E-state index < -0.39 is 0 Å². The topological polar surface area (TPSA) is 55.1 Å². The summed E-state index contributed by atoms with van der Waals surface area (Å²) in [6, 6.07) is 13.9. The maximum absolute atomic E-state index is 13.9. The van der Waals surface area contributed by atoms with Crippen LogP contribution in [0, 0.1) is 11.7 Å². The van der Waals surface area contributed by atoms with Gasteiger partial charge in [-0.15, -0.1) is 0 Å². The van der Waals surface area contributed by atoms with Crippen molar-refractivity contribution in [3.05, 3.63) is 70.5 Å². The Morgan fingerprint density at radius 2 is 2.00 bits per heavy atom. The van der Waals surface area contributed by atoms with Gasteiger partial charge in [0.25, 0.3) is 0 Å². The molecule has 2 aromatic carbocycles. The Labute approximate surface area is 139 Å². The Morgan fingerprint density at radius 1 is 1.26 bits per heavy atom. The number of carbonyl (C=O) groups is 1. The van der Waals surface area contributed by atoms with Crippen molar-refractivity contribution in [2.24, 2.45) is 11.7 Å². The molecule has 5 heteroatoms. The molecule has 0 heterocycles. The summed E-state index contributed by atoms with van der Waals surface area (Å²) in [6.45, 7) is 0.358. The first kappa shape index (κ1) is 16.0. The number of hydrogen-bond donors (Lipinski definition) is 2. The average Bonchev–Trinajstić information content (AvgIpc) is 3.33. The Balaban J connectivity index is 1.57. The van der Waals surface area contributed by atoms with E-state index in [0.717, 1.165) is 5.56 Å². The van der Waals surface area contributed by atoms with E-state index in [1.54, 1.807) is 12.1 Å². The van der Waals surface area contributed by atoms with Gasteiger partial charge < -0.3 is 11.1 Å². The maximum atomic E-state index is 13.9. The minimum absolute atomic E-state index is 0.0966. The summed E-state index contributed by atoms with van der Waals surface area (Å²) >= 11 is 6.05. The van der Waals surface area contributed by atoms with Gasteiger partial charge in [-0.25, -0.2) is 4.39 Å². The molecule has 0 bridgehead atoms. The fraction of sp³-hybridized carbons (Fsp3) is 0.278. The van der Waals surface area contributed by atoms with E-state index in [2.05, 4.69) is 5.32 Å². The average molecular weight is 333 g/mol. The van der Waals surface area contributed by atoms with Crippen molar-refractivity contribution in [1.82, 2.24) is 5.32 Å². The van der Waals surface area contributed by atoms with Crippen molar-refractivity contribution in [1.29, 1.82) is 0 Å². The van der Waals surface area contributed by atoms with Crippen molar-refractivity contribution < 1.29 is 9.18 Å². The zero-order valence-corrected chi connectivity index (χ0v) is 13.3. The first-order valence-corrected chi connectivity index (χ1v) is 7.98. The number of nitrogens with one attached hydrogen (secondary N) is 1. The van der Waals surface area contributed by atoms with Gasteiger partial charge in [-0.1, -0.05) is 48.0 Å². The molecule has 1 aliphatic rings. The second kappa shape index (κ2) is 6.69. The number of hydrogen-bond acceptors (Lipinski definition) is 2. The third-order valence-electron chi connectivity index (χ3n) is 4.22. The predicted octanol–water partition coefficient (Wildman–Crippen LogP) is 3.40. The molecule has 120 valence electrons. The Morgan fingerprint density at radius 3 is 2.70 bits per heavy atom. The molecule has 1 saturated carbocycles. The summed E-state index contributed by atoms with van der Waals surface area (Å²) in [4.78, 5) is 12.2. The molecule has 3 rings (SSSR count). The minimum atomic E-state index is -0.348. The molecule has 0 radical (unpaired) electrons. The van der Waals surface area contributed by atoms with E-state index in [1.807, 2.05) is 30.3 Å². The van der Waals surface area contributed by atoms with Gasteiger partial charge in [0.05, 0.1) is 0 Å². The molecule has 0 saturated heterocycles. The van der Waals surface area contributed by atoms with Gasteiger partial charge in [0.15, 0.2) is 0 Å². The third-order valence-corrected chi connectivity index (χ3v) is 4.55. The number of halogens is 2. The lowest BCUT2D eigenvalue weighted by Crippen LogP contribution is -2.33. The smallest absolute Gasteiger partial charge is 0.223 e. The zero-order valence-electron chi connectivity index (χ0n) is 12.5. The molecule has 1 aliphatic carbocycles. The molecule has 3 N–H and O–H groups in total. The molecule has 3 nitrogen and oxygen atoms in total. The van der Waals surface area contributed by atoms with Crippen molar-refractivity contribution in [2.45, 2.75) is 18.4 Å². The summed E-state index contributed by atoms with van der Waals surface area (Å²) in [7, 11) is 0. The number of benzene rings is 2. The standard InChI is InChI=1S/C18H18ClFN2O/c19-14-7-4-8-15(20)17(14)12-9-13(12)18(23)22-10-16(21)11-5-2-1-3-6-11/h1-8,12-13,16H,9-10,21H2,(H,22,23). The summed E-state index contributed by atoms with van der Waals surface area (Å²) in [5.74, 6) is -0.816. The third kappa shape index (κ3) is 3.54. The number of rotatable bonds is 5. The molecular formula is C18H18ClFN2O. The molecular weight excluding hydrogens is 315 g/mol. The lowest BCUT2D eigenvalue weighted by molar-refractivity contribution is -0.122. The lowest BCUT2D eigenvalue weighted by atomic mass is 10.1. The van der Waals surface area contributed by atoms with Crippen LogP contribution in [0.4, 0.5) is 4.39 Å². The van der Waals surface area contributed by atoms with Crippen LogP contribution in [0.2, 0.25) is 5.02 Å². The Bertz CT molecular complexity index is 687. The maximum Gasteiger partial charge on any atom is 0.223 e. The summed E-state index contributed by atoms with van der Waals surface area (Å²) in [5, 5.41) is 3.23. The van der Waals surface area contributed by atoms with Gasteiger partial charge in [-0.05, 0) is 24.1 Å². The Hall–Kier alpha value is -1.91. The van der Waals surface area contributed by atoms with Crippen LogP contribution in [0.25, 0.3) is 0 Å². The van der Waals surface area contributed by atoms with Crippen LogP contribution in [0.3, 0.4) is 0 Å². The monoisotopic (exact) mass is 332 g/mol. The second-order valence-electron chi connectivity index (χ2n) is 5.85. The van der Waals surface area contributed by atoms with Gasteiger partial charge in [-0.3, -0.25) is 4.79 Å². The fourth-order valence-corrected chi connectivity index (χ4v) is 3.13. The van der Waals surface area contributed by atoms with Crippen LogP contribution in [0.1, 0.15) is 29.5 Å². The van der Waals surface area contributed by atoms with Crippen LogP contribution in [-0.2, 0) is 4.79 Å². The normalized spacial score (nSPS) is 20.8. The second-order valence-corrected chi connectivity index (χ2v) is 6.25. The van der Waals surface area contributed by atoms with Gasteiger partial charge in [0.2, 0.25) is 5.91 Å². The molecule has 23 heavy (non-hydrogen) atoms. The molecule has 0 spiro atoms. The highest BCUT2D eigenvalue weighted by molar-refractivity contribution is 6.31. The number of amides is 1. The molecule has 2 aromatic rings. The van der Waals surface area contributed by atoms with Crippen molar-refractivity contribution in [2.75, 3.05) is 6.54 Å². The van der Waals surface area contributed by atoms with E-state index in [4.69, 9.17) is 17.3 Å². The van der Waals surface area contributed by atoms with Crippen LogP contribution in [0.5, 0.6) is 0 Å². The van der Waals surface area contributed by atoms with Crippen molar-refractivity contribution >= 4 is 17.5 Å². The van der Waals surface area contributed by atoms with Gasteiger partial charge in [0.1, 0.15) is 5.82 Å². The molecule has 3 unspecified atom stereocenters. The predicted molar refractivity (Wildman–Crippen MR) is 88.6 cm³/mol. The number of nitrogens with two attached hydrogens (primary N) is 1. The van der Waals surface area contributed by atoms with E-state index >= 15 is 0 Å². The van der Waals surface area contributed by atoms with E-state index in [-0.39, 0.29) is 29.6 Å². The molecule has 0 aliphatic heterocycles. The quantitative estimate of drug-likeness (QED) is 0.881. The van der Waals surface area contributed by atoms with Gasteiger partial charge in [-0.2, -0.15) is 0 Å². The molecule has 3 atom stereocenters. The first-order chi connectivity index (χ1) is 11.1. The first-order valence-electron chi connectivity index (χ1n) is 7.60. The molecule has 0 aromatic heterocycles. The largest absolute Gasteiger partial charge is 0.354 e. The zero-order chi connectivity index (χ0) is 16.4. The van der Waals surface area contributed by atoms with E-state index in [0.29, 0.717) is 23.6 Å². The minimum Gasteiger partial charge on any atom is -0.354 e. The van der Waals surface area contributed by atoms with E-state index in [9.17, 15) is 9.18 Å². The molecule has 1 amide bonds. The van der Waals surface area contributed by atoms with Gasteiger partial charge >= 0.3 is 0 Å². The molecule has 1 fully saturated rings. The van der Waals surface area contributed by atoms with Crippen molar-refractivity contribution in [3.8, 4) is 0 Å². The van der Waals surface area contributed by atoms with Gasteiger partial charge in [0, 0.05) is 35.0 Å². The highest BCUT2D eigenvalue weighted by atomic mass is 35.5. The van der Waals surface area contributed by atoms with Crippen molar-refractivity contribution in [3.63, 3.8) is 0 Å². The fourth-order valence-electron chi connectivity index (χ4n) is 2.83. The van der Waals surface area contributed by atoms with Crippen LogP contribution in [-0.4, -0.2) is 12.5 Å². The van der Waals surface area contributed by atoms with Crippen LogP contribution in [0.15, 0.2) is 48.5 Å². The summed E-state index contributed by atoms with van der Waals surface area (Å²) < 4.78 is 13.9. The Kier molecular flexibility index (Phi) is 4.64.